The Labute approximate surface area is 112 Å². The third-order valence-corrected chi connectivity index (χ3v) is 3.10. The van der Waals surface area contributed by atoms with Crippen LogP contribution in [-0.4, -0.2) is 57.7 Å². The van der Waals surface area contributed by atoms with Gasteiger partial charge in [-0.15, -0.1) is 0 Å². The fraction of sp³-hybridized carbons (Fsp3) is 0.545. The van der Waals surface area contributed by atoms with Crippen LogP contribution in [0.15, 0.2) is 12.4 Å². The van der Waals surface area contributed by atoms with Crippen LogP contribution in [0, 0.1) is 0 Å². The zero-order valence-electron chi connectivity index (χ0n) is 10.7. The van der Waals surface area contributed by atoms with Crippen LogP contribution >= 0.6 is 0 Å². The van der Waals surface area contributed by atoms with Gasteiger partial charge >= 0.3 is 12.2 Å². The molecule has 1 saturated heterocycles. The quantitative estimate of drug-likeness (QED) is 0.717. The first-order valence-electron chi connectivity index (χ1n) is 5.95. The number of alkyl halides is 3. The van der Waals surface area contributed by atoms with Crippen LogP contribution in [-0.2, 0) is 11.0 Å². The zero-order chi connectivity index (χ0) is 14.9. The molecule has 1 fully saturated rings. The van der Waals surface area contributed by atoms with E-state index in [2.05, 4.69) is 5.10 Å². The molecule has 110 valence electrons. The van der Waals surface area contributed by atoms with Gasteiger partial charge < -0.3 is 9.80 Å². The summed E-state index contributed by atoms with van der Waals surface area (Å²) in [5, 5.41) is 3.44. The minimum absolute atomic E-state index is 0.0875. The molecular weight excluding hydrogens is 277 g/mol. The van der Waals surface area contributed by atoms with E-state index in [1.807, 2.05) is 0 Å². The lowest BCUT2D eigenvalue weighted by atomic mass is 10.3. The summed E-state index contributed by atoms with van der Waals surface area (Å²) >= 11 is 0. The van der Waals surface area contributed by atoms with Crippen molar-refractivity contribution in [3.05, 3.63) is 18.0 Å². The second-order valence-corrected chi connectivity index (χ2v) is 4.45. The SMILES string of the molecule is CC(=O)N1CCN(C(=O)n2cc(C(F)(F)F)cn2)CC1. The van der Waals surface area contributed by atoms with Crippen molar-refractivity contribution in [3.63, 3.8) is 0 Å². The van der Waals surface area contributed by atoms with Crippen LogP contribution in [0.1, 0.15) is 12.5 Å². The Balaban J connectivity index is 2.02. The molecule has 0 bridgehead atoms. The highest BCUT2D eigenvalue weighted by Crippen LogP contribution is 2.28. The average Bonchev–Trinajstić information content (AvgIpc) is 2.87. The highest BCUT2D eigenvalue weighted by Gasteiger charge is 2.33. The number of amides is 2. The number of nitrogens with zero attached hydrogens (tertiary/aromatic N) is 4. The standard InChI is InChI=1S/C11H13F3N4O2/c1-8(19)16-2-4-17(5-3-16)10(20)18-7-9(6-15-18)11(12,13)14/h6-7H,2-5H2,1H3. The Hall–Kier alpha value is -2.06. The Morgan fingerprint density at radius 2 is 1.70 bits per heavy atom. The fourth-order valence-electron chi connectivity index (χ4n) is 1.93. The molecule has 0 saturated carbocycles. The number of carbonyl (C=O) groups is 2. The summed E-state index contributed by atoms with van der Waals surface area (Å²) in [6.07, 6.45) is -3.24. The van der Waals surface area contributed by atoms with Gasteiger partial charge in [0.2, 0.25) is 5.91 Å². The van der Waals surface area contributed by atoms with Crippen molar-refractivity contribution in [1.82, 2.24) is 19.6 Å². The molecule has 0 radical (unpaired) electrons. The number of carbonyl (C=O) groups excluding carboxylic acids is 2. The zero-order valence-corrected chi connectivity index (χ0v) is 10.7. The molecule has 0 atom stereocenters. The maximum absolute atomic E-state index is 12.4. The lowest BCUT2D eigenvalue weighted by Gasteiger charge is -2.33. The molecule has 0 aliphatic carbocycles. The lowest BCUT2D eigenvalue weighted by molar-refractivity contribution is -0.137. The van der Waals surface area contributed by atoms with Gasteiger partial charge in [-0.05, 0) is 0 Å². The van der Waals surface area contributed by atoms with Crippen LogP contribution in [0.5, 0.6) is 0 Å². The molecule has 20 heavy (non-hydrogen) atoms. The monoisotopic (exact) mass is 290 g/mol. The molecule has 0 unspecified atom stereocenters. The Morgan fingerprint density at radius 3 is 2.15 bits per heavy atom. The topological polar surface area (TPSA) is 58.4 Å². The van der Waals surface area contributed by atoms with Crippen LogP contribution < -0.4 is 0 Å². The molecule has 1 aliphatic heterocycles. The number of hydrogen-bond donors (Lipinski definition) is 0. The van der Waals surface area contributed by atoms with Crippen molar-refractivity contribution in [2.75, 3.05) is 26.2 Å². The van der Waals surface area contributed by atoms with Crippen LogP contribution in [0.3, 0.4) is 0 Å². The smallest absolute Gasteiger partial charge is 0.339 e. The molecule has 0 aromatic carbocycles. The van der Waals surface area contributed by atoms with E-state index in [1.165, 1.54) is 11.8 Å². The summed E-state index contributed by atoms with van der Waals surface area (Å²) in [5.41, 5.74) is -0.965. The van der Waals surface area contributed by atoms with E-state index in [0.717, 1.165) is 0 Å². The van der Waals surface area contributed by atoms with E-state index in [9.17, 15) is 22.8 Å². The summed E-state index contributed by atoms with van der Waals surface area (Å²) in [4.78, 5) is 26.1. The van der Waals surface area contributed by atoms with Crippen molar-refractivity contribution in [2.45, 2.75) is 13.1 Å². The largest absolute Gasteiger partial charge is 0.419 e. The van der Waals surface area contributed by atoms with Gasteiger partial charge in [0.25, 0.3) is 0 Å². The van der Waals surface area contributed by atoms with Gasteiger partial charge in [-0.25, -0.2) is 4.79 Å². The first kappa shape index (κ1) is 14.4. The summed E-state index contributed by atoms with van der Waals surface area (Å²) in [7, 11) is 0. The van der Waals surface area contributed by atoms with Gasteiger partial charge in [0.15, 0.2) is 0 Å². The van der Waals surface area contributed by atoms with Crippen molar-refractivity contribution < 1.29 is 22.8 Å². The van der Waals surface area contributed by atoms with Gasteiger partial charge in [0.05, 0.1) is 11.8 Å². The molecule has 2 rings (SSSR count). The van der Waals surface area contributed by atoms with Crippen molar-refractivity contribution in [1.29, 1.82) is 0 Å². The number of piperazine rings is 1. The van der Waals surface area contributed by atoms with Gasteiger partial charge in [-0.3, -0.25) is 4.79 Å². The van der Waals surface area contributed by atoms with E-state index in [1.54, 1.807) is 4.90 Å². The molecule has 1 aromatic rings. The number of aromatic nitrogens is 2. The molecule has 1 aromatic heterocycles. The molecule has 0 spiro atoms. The highest BCUT2D eigenvalue weighted by molar-refractivity contribution is 5.77. The van der Waals surface area contributed by atoms with Crippen LogP contribution in [0.2, 0.25) is 0 Å². The molecular formula is C11H13F3N4O2. The molecule has 0 N–H and O–H groups in total. The third-order valence-electron chi connectivity index (χ3n) is 3.10. The van der Waals surface area contributed by atoms with Gasteiger partial charge in [-0.2, -0.15) is 23.0 Å². The second kappa shape index (κ2) is 5.14. The summed E-state index contributed by atoms with van der Waals surface area (Å²) in [6, 6.07) is -0.622. The van der Waals surface area contributed by atoms with Crippen LogP contribution in [0.4, 0.5) is 18.0 Å². The van der Waals surface area contributed by atoms with E-state index in [0.29, 0.717) is 30.2 Å². The van der Waals surface area contributed by atoms with Gasteiger partial charge in [0.1, 0.15) is 0 Å². The predicted molar refractivity (Wildman–Crippen MR) is 61.9 cm³/mol. The number of halogens is 3. The third kappa shape index (κ3) is 2.91. The minimum atomic E-state index is -4.52. The molecule has 2 amide bonds. The van der Waals surface area contributed by atoms with Crippen molar-refractivity contribution in [3.8, 4) is 0 Å². The van der Waals surface area contributed by atoms with E-state index >= 15 is 0 Å². The Kier molecular flexibility index (Phi) is 3.69. The summed E-state index contributed by atoms with van der Waals surface area (Å²) < 4.78 is 37.9. The first-order valence-corrected chi connectivity index (χ1v) is 5.95. The van der Waals surface area contributed by atoms with Gasteiger partial charge in [0, 0.05) is 39.3 Å². The van der Waals surface area contributed by atoms with E-state index in [-0.39, 0.29) is 19.0 Å². The maximum Gasteiger partial charge on any atom is 0.419 e. The Morgan fingerprint density at radius 1 is 1.15 bits per heavy atom. The summed E-state index contributed by atoms with van der Waals surface area (Å²) in [5.74, 6) is -0.0875. The molecule has 9 heteroatoms. The number of rotatable bonds is 0. The molecule has 2 heterocycles. The fourth-order valence-corrected chi connectivity index (χ4v) is 1.93. The minimum Gasteiger partial charge on any atom is -0.339 e. The van der Waals surface area contributed by atoms with Crippen molar-refractivity contribution in [2.24, 2.45) is 0 Å². The van der Waals surface area contributed by atoms with Gasteiger partial charge in [-0.1, -0.05) is 0 Å². The first-order chi connectivity index (χ1) is 9.29. The van der Waals surface area contributed by atoms with Crippen LogP contribution in [0.25, 0.3) is 0 Å². The summed E-state index contributed by atoms with van der Waals surface area (Å²) in [6.45, 7) is 2.72. The van der Waals surface area contributed by atoms with E-state index in [4.69, 9.17) is 0 Å². The lowest BCUT2D eigenvalue weighted by Crippen LogP contribution is -2.51. The number of hydrogen-bond acceptors (Lipinski definition) is 3. The average molecular weight is 290 g/mol. The maximum atomic E-state index is 12.4. The van der Waals surface area contributed by atoms with E-state index < -0.39 is 17.8 Å². The predicted octanol–water partition coefficient (Wildman–Crippen LogP) is 1.03. The second-order valence-electron chi connectivity index (χ2n) is 4.45. The normalized spacial score (nSPS) is 16.4. The van der Waals surface area contributed by atoms with Crippen molar-refractivity contribution >= 4 is 11.9 Å². The Bertz CT molecular complexity index is 518. The molecule has 6 nitrogen and oxygen atoms in total. The molecule has 1 aliphatic rings. The highest BCUT2D eigenvalue weighted by atomic mass is 19.4.